The standard InChI is InChI=1S/C27H20BrN3O3S/c1-17-24(18-7-9-19(28)10-8-18)25-26(35-17)29-16-31(27(25)33)15-23(32)30-20-11-13-22(14-12-20)34-21-5-3-2-4-6-21/h2-14,16H,15H2,1H3,(H,30,32). The van der Waals surface area contributed by atoms with E-state index in [1.165, 1.54) is 22.2 Å². The highest BCUT2D eigenvalue weighted by Gasteiger charge is 2.18. The second-order valence-corrected chi connectivity index (χ2v) is 10.0. The molecule has 0 fully saturated rings. The minimum absolute atomic E-state index is 0.140. The predicted octanol–water partition coefficient (Wildman–Crippen LogP) is 6.63. The quantitative estimate of drug-likeness (QED) is 0.260. The monoisotopic (exact) mass is 545 g/mol. The number of nitrogens with one attached hydrogen (secondary N) is 1. The summed E-state index contributed by atoms with van der Waals surface area (Å²) in [7, 11) is 0. The molecule has 0 aliphatic heterocycles. The van der Waals surface area contributed by atoms with E-state index in [1.807, 2.05) is 61.5 Å². The Kier molecular flexibility index (Phi) is 6.48. The Morgan fingerprint density at radius 2 is 1.69 bits per heavy atom. The number of halogens is 1. The summed E-state index contributed by atoms with van der Waals surface area (Å²) in [4.78, 5) is 32.2. The molecule has 0 spiro atoms. The normalized spacial score (nSPS) is 10.9. The second kappa shape index (κ2) is 9.85. The average Bonchev–Trinajstić information content (AvgIpc) is 3.20. The molecule has 0 radical (unpaired) electrons. The van der Waals surface area contributed by atoms with Crippen LogP contribution in [0.5, 0.6) is 11.5 Å². The minimum Gasteiger partial charge on any atom is -0.457 e. The molecular formula is C27H20BrN3O3S. The van der Waals surface area contributed by atoms with Gasteiger partial charge in [0.1, 0.15) is 22.9 Å². The number of fused-ring (bicyclic) bond motifs is 1. The molecule has 0 aliphatic carbocycles. The van der Waals surface area contributed by atoms with Gasteiger partial charge >= 0.3 is 0 Å². The van der Waals surface area contributed by atoms with Crippen LogP contribution in [0.1, 0.15) is 4.88 Å². The summed E-state index contributed by atoms with van der Waals surface area (Å²) < 4.78 is 8.09. The van der Waals surface area contributed by atoms with Crippen LogP contribution >= 0.6 is 27.3 Å². The molecule has 174 valence electrons. The van der Waals surface area contributed by atoms with Crippen LogP contribution in [-0.2, 0) is 11.3 Å². The van der Waals surface area contributed by atoms with E-state index in [9.17, 15) is 9.59 Å². The van der Waals surface area contributed by atoms with Crippen LogP contribution in [0.2, 0.25) is 0 Å². The number of amides is 1. The lowest BCUT2D eigenvalue weighted by Crippen LogP contribution is -2.27. The fourth-order valence-electron chi connectivity index (χ4n) is 3.80. The fourth-order valence-corrected chi connectivity index (χ4v) is 5.07. The van der Waals surface area contributed by atoms with E-state index in [0.29, 0.717) is 21.7 Å². The number of carbonyl (C=O) groups is 1. The SMILES string of the molecule is Cc1sc2ncn(CC(=O)Nc3ccc(Oc4ccccc4)cc3)c(=O)c2c1-c1ccc(Br)cc1. The Hall–Kier alpha value is -3.75. The predicted molar refractivity (Wildman–Crippen MR) is 143 cm³/mol. The highest BCUT2D eigenvalue weighted by atomic mass is 79.9. The largest absolute Gasteiger partial charge is 0.457 e. The van der Waals surface area contributed by atoms with Gasteiger partial charge in [0.25, 0.3) is 5.56 Å². The van der Waals surface area contributed by atoms with Crippen molar-refractivity contribution >= 4 is 49.1 Å². The molecule has 1 N–H and O–H groups in total. The summed E-state index contributed by atoms with van der Waals surface area (Å²) in [6, 6.07) is 24.4. The molecular weight excluding hydrogens is 526 g/mol. The first-order valence-electron chi connectivity index (χ1n) is 10.9. The highest BCUT2D eigenvalue weighted by molar-refractivity contribution is 9.10. The Morgan fingerprint density at radius 1 is 1.00 bits per heavy atom. The van der Waals surface area contributed by atoms with Gasteiger partial charge in [0.15, 0.2) is 0 Å². The van der Waals surface area contributed by atoms with Crippen LogP contribution in [0.3, 0.4) is 0 Å². The molecule has 0 saturated heterocycles. The van der Waals surface area contributed by atoms with E-state index in [-0.39, 0.29) is 18.0 Å². The number of aromatic nitrogens is 2. The van der Waals surface area contributed by atoms with Crippen LogP contribution in [-0.4, -0.2) is 15.5 Å². The molecule has 2 aromatic heterocycles. The van der Waals surface area contributed by atoms with E-state index in [1.54, 1.807) is 24.3 Å². The Bertz CT molecular complexity index is 1560. The number of thiophene rings is 1. The number of anilines is 1. The molecule has 0 bridgehead atoms. The number of para-hydroxylation sites is 1. The number of ether oxygens (including phenoxy) is 1. The van der Waals surface area contributed by atoms with Crippen molar-refractivity contribution in [3.8, 4) is 22.6 Å². The average molecular weight is 546 g/mol. The van der Waals surface area contributed by atoms with Gasteiger partial charge in [0.2, 0.25) is 5.91 Å². The van der Waals surface area contributed by atoms with E-state index in [4.69, 9.17) is 4.74 Å². The lowest BCUT2D eigenvalue weighted by atomic mass is 10.0. The molecule has 0 atom stereocenters. The van der Waals surface area contributed by atoms with Gasteiger partial charge in [0.05, 0.1) is 11.7 Å². The van der Waals surface area contributed by atoms with E-state index in [0.717, 1.165) is 26.2 Å². The Morgan fingerprint density at radius 3 is 2.40 bits per heavy atom. The van der Waals surface area contributed by atoms with E-state index < -0.39 is 0 Å². The van der Waals surface area contributed by atoms with Gasteiger partial charge in [-0.05, 0) is 61.0 Å². The van der Waals surface area contributed by atoms with Gasteiger partial charge in [-0.3, -0.25) is 14.2 Å². The molecule has 1 amide bonds. The van der Waals surface area contributed by atoms with Crippen molar-refractivity contribution in [3.05, 3.63) is 105 Å². The number of nitrogens with zero attached hydrogens (tertiary/aromatic N) is 2. The van der Waals surface area contributed by atoms with E-state index in [2.05, 4.69) is 26.2 Å². The first kappa shape index (κ1) is 23.0. The number of aryl methyl sites for hydroxylation is 1. The third-order valence-electron chi connectivity index (χ3n) is 5.42. The van der Waals surface area contributed by atoms with Crippen molar-refractivity contribution < 1.29 is 9.53 Å². The van der Waals surface area contributed by atoms with Gasteiger partial charge < -0.3 is 10.1 Å². The summed E-state index contributed by atoms with van der Waals surface area (Å²) >= 11 is 4.92. The number of hydrogen-bond acceptors (Lipinski definition) is 5. The first-order valence-corrected chi connectivity index (χ1v) is 12.5. The van der Waals surface area contributed by atoms with Crippen LogP contribution in [0.15, 0.2) is 94.5 Å². The number of rotatable bonds is 6. The maximum Gasteiger partial charge on any atom is 0.263 e. The second-order valence-electron chi connectivity index (χ2n) is 7.89. The molecule has 3 aromatic carbocycles. The van der Waals surface area contributed by atoms with Gasteiger partial charge in [0, 0.05) is 20.6 Å². The zero-order valence-corrected chi connectivity index (χ0v) is 21.1. The van der Waals surface area contributed by atoms with Crippen LogP contribution in [0, 0.1) is 6.92 Å². The van der Waals surface area contributed by atoms with Crippen LogP contribution in [0.25, 0.3) is 21.3 Å². The molecule has 0 saturated carbocycles. The van der Waals surface area contributed by atoms with Crippen LogP contribution in [0.4, 0.5) is 5.69 Å². The third-order valence-corrected chi connectivity index (χ3v) is 6.96. The highest BCUT2D eigenvalue weighted by Crippen LogP contribution is 2.35. The Labute approximate surface area is 214 Å². The van der Waals surface area contributed by atoms with E-state index >= 15 is 0 Å². The van der Waals surface area contributed by atoms with Gasteiger partial charge in [-0.25, -0.2) is 4.98 Å². The minimum atomic E-state index is -0.317. The Balaban J connectivity index is 1.34. The van der Waals surface area contributed by atoms with Crippen molar-refractivity contribution in [2.75, 3.05) is 5.32 Å². The third kappa shape index (κ3) is 5.03. The lowest BCUT2D eigenvalue weighted by molar-refractivity contribution is -0.116. The summed E-state index contributed by atoms with van der Waals surface area (Å²) in [6.07, 6.45) is 1.43. The number of hydrogen-bond donors (Lipinski definition) is 1. The zero-order valence-electron chi connectivity index (χ0n) is 18.7. The lowest BCUT2D eigenvalue weighted by Gasteiger charge is -2.09. The number of benzene rings is 3. The molecule has 8 heteroatoms. The molecule has 35 heavy (non-hydrogen) atoms. The topological polar surface area (TPSA) is 73.2 Å². The number of carbonyl (C=O) groups excluding carboxylic acids is 1. The van der Waals surface area contributed by atoms with Crippen molar-refractivity contribution in [1.29, 1.82) is 0 Å². The van der Waals surface area contributed by atoms with Crippen molar-refractivity contribution in [3.63, 3.8) is 0 Å². The summed E-state index contributed by atoms with van der Waals surface area (Å²) in [6.45, 7) is 1.84. The molecule has 2 heterocycles. The van der Waals surface area contributed by atoms with Crippen molar-refractivity contribution in [2.24, 2.45) is 0 Å². The van der Waals surface area contributed by atoms with Gasteiger partial charge in [-0.2, -0.15) is 0 Å². The fraction of sp³-hybridized carbons (Fsp3) is 0.0741. The maximum atomic E-state index is 13.3. The molecule has 0 aliphatic rings. The molecule has 0 unspecified atom stereocenters. The smallest absolute Gasteiger partial charge is 0.263 e. The van der Waals surface area contributed by atoms with Crippen LogP contribution < -0.4 is 15.6 Å². The van der Waals surface area contributed by atoms with Crippen molar-refractivity contribution in [1.82, 2.24) is 9.55 Å². The molecule has 6 nitrogen and oxygen atoms in total. The zero-order chi connectivity index (χ0) is 24.4. The van der Waals surface area contributed by atoms with Crippen molar-refractivity contribution in [2.45, 2.75) is 13.5 Å². The first-order chi connectivity index (χ1) is 17.0. The summed E-state index contributed by atoms with van der Waals surface area (Å²) in [5, 5.41) is 3.36. The molecule has 5 aromatic rings. The maximum absolute atomic E-state index is 13.3. The van der Waals surface area contributed by atoms with Gasteiger partial charge in [-0.1, -0.05) is 46.3 Å². The van der Waals surface area contributed by atoms with Gasteiger partial charge in [-0.15, -0.1) is 11.3 Å². The summed E-state index contributed by atoms with van der Waals surface area (Å²) in [5.74, 6) is 1.08. The molecule has 5 rings (SSSR count). The summed E-state index contributed by atoms with van der Waals surface area (Å²) in [5.41, 5.74) is 2.17.